The molecule has 0 radical (unpaired) electrons. The van der Waals surface area contributed by atoms with Crippen molar-refractivity contribution in [3.05, 3.63) is 121 Å². The Kier molecular flexibility index (Phi) is 14.3. The van der Waals surface area contributed by atoms with Crippen molar-refractivity contribution in [1.29, 1.82) is 0 Å². The molecule has 0 fully saturated rings. The van der Waals surface area contributed by atoms with Gasteiger partial charge >= 0.3 is 34.5 Å². The van der Waals surface area contributed by atoms with Crippen LogP contribution in [0.3, 0.4) is 0 Å². The molecule has 0 amide bonds. The number of hydrogen-bond acceptors (Lipinski definition) is 4. The normalized spacial score (nSPS) is 20.5. The van der Waals surface area contributed by atoms with E-state index >= 15 is 0 Å². The van der Waals surface area contributed by atoms with E-state index in [0.717, 1.165) is 34.1 Å². The number of benzene rings is 4. The van der Waals surface area contributed by atoms with Gasteiger partial charge in [0, 0.05) is 0 Å². The molecular weight excluding hydrogens is 780 g/mol. The predicted molar refractivity (Wildman–Crippen MR) is 210 cm³/mol. The summed E-state index contributed by atoms with van der Waals surface area (Å²) >= 11 is -0.346. The topological polar surface area (TPSA) is 60.7 Å². The SMILES string of the molecule is COc1cccc2c1[PH+](C(C)(C)C)[C@H]([C@@H]1Oc3cccc(OC)c3[PH+]1C(C)(C)C)O2.[CH2-][C@H](c1ccccc1)[C@H]([NH-])c1ccccc1.[Cl][Ru+2][Cl]. The van der Waals surface area contributed by atoms with Crippen LogP contribution in [0.4, 0.5) is 0 Å². The van der Waals surface area contributed by atoms with Crippen molar-refractivity contribution < 1.29 is 34.1 Å². The summed E-state index contributed by atoms with van der Waals surface area (Å²) in [6.45, 7) is 18.0. The van der Waals surface area contributed by atoms with Crippen LogP contribution in [0, 0.1) is 6.92 Å². The molecule has 264 valence electrons. The Bertz CT molecular complexity index is 1520. The molecule has 2 heterocycles. The Hall–Kier alpha value is -1.90. The minimum atomic E-state index is -1.16. The molecular formula is C39H49Cl2NO4P2Ru+2. The zero-order chi connectivity index (χ0) is 35.9. The molecule has 10 heteroatoms. The molecule has 0 saturated carbocycles. The molecule has 0 spiro atoms. The average Bonchev–Trinajstić information content (AvgIpc) is 3.69. The van der Waals surface area contributed by atoms with Gasteiger partial charge in [0.05, 0.1) is 40.4 Å². The first-order valence-electron chi connectivity index (χ1n) is 16.2. The van der Waals surface area contributed by atoms with Crippen LogP contribution >= 0.6 is 35.2 Å². The van der Waals surface area contributed by atoms with E-state index in [0.29, 0.717) is 0 Å². The van der Waals surface area contributed by atoms with E-state index in [1.54, 1.807) is 14.2 Å². The molecule has 0 aliphatic carbocycles. The van der Waals surface area contributed by atoms with E-state index in [1.807, 2.05) is 72.8 Å². The second-order valence-electron chi connectivity index (χ2n) is 14.0. The minimum absolute atomic E-state index is 0.0199. The summed E-state index contributed by atoms with van der Waals surface area (Å²) in [6.07, 6.45) is 0. The first-order valence-corrected chi connectivity index (χ1v) is 23.8. The molecule has 5 nitrogen and oxygen atoms in total. The Balaban J connectivity index is 0.000000239. The third-order valence-corrected chi connectivity index (χ3v) is 16.3. The molecule has 4 aromatic rings. The quantitative estimate of drug-likeness (QED) is 0.110. The van der Waals surface area contributed by atoms with Gasteiger partial charge < -0.3 is 31.6 Å². The van der Waals surface area contributed by atoms with Gasteiger partial charge in [0.2, 0.25) is 0 Å². The van der Waals surface area contributed by atoms with Gasteiger partial charge in [-0.1, -0.05) is 83.9 Å². The van der Waals surface area contributed by atoms with E-state index in [-0.39, 0.29) is 49.1 Å². The first-order chi connectivity index (χ1) is 23.3. The van der Waals surface area contributed by atoms with Crippen molar-refractivity contribution >= 4 is 45.8 Å². The second-order valence-corrected chi connectivity index (χ2v) is 23.5. The van der Waals surface area contributed by atoms with Crippen LogP contribution in [0.5, 0.6) is 23.0 Å². The fourth-order valence-corrected chi connectivity index (χ4v) is 14.3. The van der Waals surface area contributed by atoms with E-state index in [1.165, 1.54) is 10.6 Å². The van der Waals surface area contributed by atoms with Crippen LogP contribution in [0.2, 0.25) is 0 Å². The molecule has 1 N–H and O–H groups in total. The van der Waals surface area contributed by atoms with Crippen LogP contribution in [-0.4, -0.2) is 36.2 Å². The van der Waals surface area contributed by atoms with Crippen molar-refractivity contribution in [1.82, 2.24) is 0 Å². The molecule has 2 unspecified atom stereocenters. The maximum atomic E-state index is 8.19. The summed E-state index contributed by atoms with van der Waals surface area (Å²) in [5.41, 5.74) is 10.3. The first kappa shape index (κ1) is 39.9. The number of rotatable bonds is 6. The fourth-order valence-electron chi connectivity index (χ4n) is 6.58. The molecule has 0 saturated heterocycles. The average molecular weight is 830 g/mol. The number of hydrogen-bond donors (Lipinski definition) is 0. The standard InChI is InChI=1S/C24H32O4P2.C15H15N.2ClH.Ru/c1-23(2,3)29-19-15(25-7)11-9-13-17(19)27-21(29)22-28-18-14-10-12-16(26-8)20(18)30(22)24(4,5)6;1-12(13-8-4-2-5-9-13)15(16)14-10-6-3-7-11-14;;;/h9-14,21-22H,1-8H3;2-12,15-16H,1H2;2*1H;/q;-2;;;+4/t21-,22-,29?,30?;12-,15+;;;/m11.../s1. The van der Waals surface area contributed by atoms with Gasteiger partial charge in [-0.2, -0.15) is 5.92 Å². The number of methoxy groups -OCH3 is 2. The molecule has 49 heavy (non-hydrogen) atoms. The Morgan fingerprint density at radius 2 is 1.02 bits per heavy atom. The molecule has 0 bridgehead atoms. The van der Waals surface area contributed by atoms with E-state index in [2.05, 4.69) is 72.7 Å². The predicted octanol–water partition coefficient (Wildman–Crippen LogP) is 10.9. The van der Waals surface area contributed by atoms with Crippen molar-refractivity contribution in [2.45, 2.75) is 75.5 Å². The number of ether oxygens (including phenoxy) is 4. The van der Waals surface area contributed by atoms with Crippen LogP contribution in [-0.2, 0) is 15.1 Å². The summed E-state index contributed by atoms with van der Waals surface area (Å²) in [4.78, 5) is 0. The number of nitrogens with one attached hydrogen (secondary N) is 1. The van der Waals surface area contributed by atoms with E-state index in [9.17, 15) is 0 Å². The molecule has 0 aromatic heterocycles. The van der Waals surface area contributed by atoms with E-state index < -0.39 is 15.8 Å². The van der Waals surface area contributed by atoms with Gasteiger partial charge in [-0.25, -0.2) is 0 Å². The van der Waals surface area contributed by atoms with Gasteiger partial charge in [-0.15, -0.1) is 6.04 Å². The molecule has 2 aliphatic heterocycles. The summed E-state index contributed by atoms with van der Waals surface area (Å²) in [7, 11) is 10.9. The van der Waals surface area contributed by atoms with Crippen LogP contribution < -0.4 is 29.6 Å². The van der Waals surface area contributed by atoms with E-state index in [4.69, 9.17) is 44.1 Å². The van der Waals surface area contributed by atoms with Crippen molar-refractivity contribution in [3.8, 4) is 23.0 Å². The Labute approximate surface area is 311 Å². The number of halogens is 2. The monoisotopic (exact) mass is 829 g/mol. The van der Waals surface area contributed by atoms with Gasteiger partial charge in [-0.05, 0) is 65.8 Å². The Morgan fingerprint density at radius 1 is 0.653 bits per heavy atom. The van der Waals surface area contributed by atoms with Gasteiger partial charge in [-0.3, -0.25) is 0 Å². The summed E-state index contributed by atoms with van der Waals surface area (Å²) in [5, 5.41) is 2.71. The third kappa shape index (κ3) is 9.32. The van der Waals surface area contributed by atoms with Gasteiger partial charge in [0.15, 0.2) is 33.6 Å². The van der Waals surface area contributed by atoms with Crippen molar-refractivity contribution in [2.75, 3.05) is 14.2 Å². The second kappa shape index (κ2) is 17.5. The van der Waals surface area contributed by atoms with Crippen LogP contribution in [0.1, 0.15) is 64.6 Å². The van der Waals surface area contributed by atoms with Crippen LogP contribution in [0.25, 0.3) is 5.73 Å². The fraction of sp³-hybridized carbons (Fsp3) is 0.359. The maximum absolute atomic E-state index is 8.19. The van der Waals surface area contributed by atoms with Gasteiger partial charge in [0.25, 0.3) is 11.7 Å². The summed E-state index contributed by atoms with van der Waals surface area (Å²) in [6, 6.07) is 31.9. The zero-order valence-electron chi connectivity index (χ0n) is 29.5. The number of fused-ring (bicyclic) bond motifs is 2. The molecule has 6 atom stereocenters. The van der Waals surface area contributed by atoms with Crippen molar-refractivity contribution in [3.63, 3.8) is 0 Å². The molecule has 6 rings (SSSR count). The molecule has 2 aliphatic rings. The summed E-state index contributed by atoms with van der Waals surface area (Å²) in [5.74, 6) is 3.82. The van der Waals surface area contributed by atoms with Gasteiger partial charge in [0.1, 0.15) is 0 Å². The van der Waals surface area contributed by atoms with Crippen molar-refractivity contribution in [2.24, 2.45) is 0 Å². The van der Waals surface area contributed by atoms with Crippen LogP contribution in [0.15, 0.2) is 97.1 Å². The summed E-state index contributed by atoms with van der Waals surface area (Å²) < 4.78 is 25.0. The Morgan fingerprint density at radius 3 is 1.37 bits per heavy atom. The zero-order valence-corrected chi connectivity index (χ0v) is 34.7. The third-order valence-electron chi connectivity index (χ3n) is 8.71. The molecule has 4 aromatic carbocycles.